The molecule has 0 unspecified atom stereocenters. The number of aryl methyl sites for hydroxylation is 2. The van der Waals surface area contributed by atoms with Crippen LogP contribution in [0, 0.1) is 13.8 Å². The van der Waals surface area contributed by atoms with Gasteiger partial charge in [-0.05, 0) is 39.3 Å². The van der Waals surface area contributed by atoms with Gasteiger partial charge < -0.3 is 19.0 Å². The average molecular weight is 352 g/mol. The Morgan fingerprint density at radius 3 is 2.58 bits per heavy atom. The topological polar surface area (TPSA) is 56.0 Å². The number of benzene rings is 1. The van der Waals surface area contributed by atoms with Crippen LogP contribution in [0.2, 0.25) is 0 Å². The minimum atomic E-state index is -0.799. The Bertz CT molecular complexity index is 933. The number of imidazole rings is 1. The highest BCUT2D eigenvalue weighted by Gasteiger charge is 2.40. The van der Waals surface area contributed by atoms with Gasteiger partial charge in [-0.1, -0.05) is 30.3 Å². The van der Waals surface area contributed by atoms with E-state index in [1.54, 1.807) is 0 Å². The highest BCUT2D eigenvalue weighted by Crippen LogP contribution is 2.45. The molecule has 2 aromatic heterocycles. The predicted molar refractivity (Wildman–Crippen MR) is 99.4 cm³/mol. The van der Waals surface area contributed by atoms with E-state index in [4.69, 9.17) is 14.5 Å². The zero-order valence-electron chi connectivity index (χ0n) is 15.5. The average Bonchev–Trinajstić information content (AvgIpc) is 2.92. The molecule has 4 rings (SSSR count). The molecule has 1 aliphatic rings. The van der Waals surface area contributed by atoms with Gasteiger partial charge in [-0.3, -0.25) is 0 Å². The number of nitrogens with zero attached hydrogens (tertiary/aromatic N) is 2. The lowest BCUT2D eigenvalue weighted by atomic mass is 9.92. The molecule has 0 spiro atoms. The van der Waals surface area contributed by atoms with E-state index in [2.05, 4.69) is 0 Å². The maximum absolute atomic E-state index is 11.0. The van der Waals surface area contributed by atoms with Crippen molar-refractivity contribution in [1.29, 1.82) is 0 Å². The molecule has 5 heteroatoms. The van der Waals surface area contributed by atoms with E-state index in [1.165, 1.54) is 0 Å². The van der Waals surface area contributed by atoms with Crippen molar-refractivity contribution < 1.29 is 14.6 Å². The Morgan fingerprint density at radius 1 is 1.15 bits per heavy atom. The molecule has 1 N–H and O–H groups in total. The van der Waals surface area contributed by atoms with Crippen molar-refractivity contribution in [1.82, 2.24) is 9.38 Å². The molecule has 3 heterocycles. The second-order valence-electron chi connectivity index (χ2n) is 7.12. The number of hydrogen-bond acceptors (Lipinski definition) is 4. The summed E-state index contributed by atoms with van der Waals surface area (Å²) in [5.41, 5.74) is 4.57. The second-order valence-corrected chi connectivity index (χ2v) is 7.12. The number of hydrogen-bond donors (Lipinski definition) is 1. The summed E-state index contributed by atoms with van der Waals surface area (Å²) in [6.07, 6.45) is 0.185. The van der Waals surface area contributed by atoms with Gasteiger partial charge in [-0.2, -0.15) is 0 Å². The number of aliphatic hydroxyl groups is 1. The van der Waals surface area contributed by atoms with Gasteiger partial charge >= 0.3 is 0 Å². The first-order valence-corrected chi connectivity index (χ1v) is 9.00. The zero-order valence-corrected chi connectivity index (χ0v) is 15.5. The molecule has 1 aliphatic heterocycles. The zero-order chi connectivity index (χ0) is 18.4. The molecule has 0 amide bonds. The van der Waals surface area contributed by atoms with E-state index < -0.39 is 18.3 Å². The van der Waals surface area contributed by atoms with Gasteiger partial charge in [0.1, 0.15) is 12.2 Å². The molecule has 26 heavy (non-hydrogen) atoms. The molecular weight excluding hydrogens is 328 g/mol. The van der Waals surface area contributed by atoms with Crippen LogP contribution in [0.5, 0.6) is 5.75 Å². The largest absolute Gasteiger partial charge is 0.479 e. The molecule has 0 fully saturated rings. The van der Waals surface area contributed by atoms with Crippen molar-refractivity contribution in [3.63, 3.8) is 0 Å². The summed E-state index contributed by atoms with van der Waals surface area (Å²) in [4.78, 5) is 4.69. The van der Waals surface area contributed by atoms with Gasteiger partial charge in [-0.15, -0.1) is 0 Å². The summed E-state index contributed by atoms with van der Waals surface area (Å²) in [7, 11) is 0. The number of ether oxygens (including phenoxy) is 2. The van der Waals surface area contributed by atoms with Gasteiger partial charge in [0.2, 0.25) is 0 Å². The highest BCUT2D eigenvalue weighted by atomic mass is 16.5. The Hall–Kier alpha value is -2.37. The van der Waals surface area contributed by atoms with Crippen LogP contribution in [-0.4, -0.2) is 26.7 Å². The SMILES string of the molecule is Cc1nc2c3c(ccn2c1C)[C@@H](OC(C)C)[C@@H](O)[C@@H](c1ccccc1)O3. The van der Waals surface area contributed by atoms with Gasteiger partial charge in [0.25, 0.3) is 0 Å². The third-order valence-corrected chi connectivity index (χ3v) is 4.97. The summed E-state index contributed by atoms with van der Waals surface area (Å²) in [5.74, 6) is 0.688. The van der Waals surface area contributed by atoms with E-state index in [1.807, 2.05) is 74.7 Å². The standard InChI is InChI=1S/C21H24N2O3/c1-12(2)25-19-16-10-11-23-14(4)13(3)22-21(23)20(16)26-18(17(19)24)15-8-6-5-7-9-15/h5-12,17-19,24H,1-4H3/t17-,18+,19+/m0/s1. The fourth-order valence-electron chi connectivity index (χ4n) is 3.57. The summed E-state index contributed by atoms with van der Waals surface area (Å²) >= 11 is 0. The van der Waals surface area contributed by atoms with Crippen LogP contribution in [0.1, 0.15) is 48.6 Å². The fourth-order valence-corrected chi connectivity index (χ4v) is 3.57. The molecule has 0 bridgehead atoms. The number of aliphatic hydroxyl groups excluding tert-OH is 1. The van der Waals surface area contributed by atoms with Crippen molar-refractivity contribution in [3.05, 3.63) is 65.1 Å². The first kappa shape index (κ1) is 17.1. The lowest BCUT2D eigenvalue weighted by Crippen LogP contribution is -2.37. The van der Waals surface area contributed by atoms with E-state index in [9.17, 15) is 5.11 Å². The van der Waals surface area contributed by atoms with Crippen LogP contribution in [-0.2, 0) is 4.74 Å². The van der Waals surface area contributed by atoms with Crippen LogP contribution in [0.15, 0.2) is 42.6 Å². The number of aromatic nitrogens is 2. The van der Waals surface area contributed by atoms with Crippen LogP contribution in [0.25, 0.3) is 5.65 Å². The summed E-state index contributed by atoms with van der Waals surface area (Å²) in [6, 6.07) is 11.7. The Morgan fingerprint density at radius 2 is 1.88 bits per heavy atom. The number of rotatable bonds is 3. The lowest BCUT2D eigenvalue weighted by Gasteiger charge is -2.37. The molecule has 3 aromatic rings. The van der Waals surface area contributed by atoms with E-state index in [0.717, 1.165) is 28.2 Å². The maximum atomic E-state index is 11.0. The molecule has 5 nitrogen and oxygen atoms in total. The van der Waals surface area contributed by atoms with Crippen LogP contribution in [0.4, 0.5) is 0 Å². The van der Waals surface area contributed by atoms with E-state index >= 15 is 0 Å². The first-order chi connectivity index (χ1) is 12.5. The quantitative estimate of drug-likeness (QED) is 0.776. The van der Waals surface area contributed by atoms with E-state index in [0.29, 0.717) is 5.75 Å². The molecule has 0 saturated carbocycles. The monoisotopic (exact) mass is 352 g/mol. The van der Waals surface area contributed by atoms with Gasteiger partial charge in [0.05, 0.1) is 11.8 Å². The fraction of sp³-hybridized carbons (Fsp3) is 0.381. The van der Waals surface area contributed by atoms with Gasteiger partial charge in [0.15, 0.2) is 17.5 Å². The molecule has 0 radical (unpaired) electrons. The summed E-state index contributed by atoms with van der Waals surface area (Å²) < 4.78 is 14.4. The smallest absolute Gasteiger partial charge is 0.180 e. The van der Waals surface area contributed by atoms with Gasteiger partial charge in [-0.25, -0.2) is 4.98 Å². The molecule has 136 valence electrons. The first-order valence-electron chi connectivity index (χ1n) is 9.00. The number of pyridine rings is 1. The summed E-state index contributed by atoms with van der Waals surface area (Å²) in [6.45, 7) is 7.98. The Labute approximate surface area is 153 Å². The van der Waals surface area contributed by atoms with Crippen molar-refractivity contribution in [2.24, 2.45) is 0 Å². The summed E-state index contributed by atoms with van der Waals surface area (Å²) in [5, 5.41) is 11.0. The Balaban J connectivity index is 1.90. The molecular formula is C21H24N2O3. The lowest BCUT2D eigenvalue weighted by molar-refractivity contribution is -0.119. The van der Waals surface area contributed by atoms with Crippen molar-refractivity contribution in [2.45, 2.75) is 52.1 Å². The predicted octanol–water partition coefficient (Wildman–Crippen LogP) is 3.91. The maximum Gasteiger partial charge on any atom is 0.180 e. The molecule has 0 saturated heterocycles. The normalized spacial score (nSPS) is 22.5. The van der Waals surface area contributed by atoms with Crippen molar-refractivity contribution >= 4 is 5.65 Å². The highest BCUT2D eigenvalue weighted by molar-refractivity contribution is 5.62. The van der Waals surface area contributed by atoms with Gasteiger partial charge in [0, 0.05) is 17.5 Å². The van der Waals surface area contributed by atoms with Crippen LogP contribution >= 0.6 is 0 Å². The minimum Gasteiger partial charge on any atom is -0.479 e. The van der Waals surface area contributed by atoms with E-state index in [-0.39, 0.29) is 6.10 Å². The van der Waals surface area contributed by atoms with Crippen molar-refractivity contribution in [2.75, 3.05) is 0 Å². The third-order valence-electron chi connectivity index (χ3n) is 4.97. The molecule has 0 aliphatic carbocycles. The van der Waals surface area contributed by atoms with Crippen LogP contribution < -0.4 is 4.74 Å². The third kappa shape index (κ3) is 2.68. The molecule has 1 aromatic carbocycles. The Kier molecular flexibility index (Phi) is 4.21. The minimum absolute atomic E-state index is 0.0172. The number of fused-ring (bicyclic) bond motifs is 3. The molecule has 3 atom stereocenters. The second kappa shape index (κ2) is 6.41. The van der Waals surface area contributed by atoms with Crippen molar-refractivity contribution in [3.8, 4) is 5.75 Å². The van der Waals surface area contributed by atoms with Crippen LogP contribution in [0.3, 0.4) is 0 Å².